The topological polar surface area (TPSA) is 174 Å². The molecule has 1 aliphatic rings. The van der Waals surface area contributed by atoms with Crippen LogP contribution in [0.25, 0.3) is 33.7 Å². The molecule has 15 nitrogen and oxygen atoms in total. The van der Waals surface area contributed by atoms with Crippen molar-refractivity contribution >= 4 is 55.5 Å². The van der Waals surface area contributed by atoms with E-state index < -0.39 is 39.8 Å². The van der Waals surface area contributed by atoms with E-state index in [0.717, 1.165) is 61.3 Å². The Kier molecular flexibility index (Phi) is 14.8. The average Bonchev–Trinajstić information content (AvgIpc) is 4.00. The summed E-state index contributed by atoms with van der Waals surface area (Å²) < 4.78 is 21.5. The lowest BCUT2D eigenvalue weighted by Gasteiger charge is -2.43. The molecule has 2 amide bonds. The van der Waals surface area contributed by atoms with Crippen LogP contribution in [0.5, 0.6) is 0 Å². The summed E-state index contributed by atoms with van der Waals surface area (Å²) in [5.74, 6) is -0.116. The van der Waals surface area contributed by atoms with Gasteiger partial charge in [0.15, 0.2) is 5.82 Å². The summed E-state index contributed by atoms with van der Waals surface area (Å²) in [7, 11) is -4.39. The smallest absolute Gasteiger partial charge is 0.407 e. The van der Waals surface area contributed by atoms with Crippen LogP contribution >= 0.6 is 0 Å². The van der Waals surface area contributed by atoms with Gasteiger partial charge in [0.2, 0.25) is 0 Å². The Morgan fingerprint density at radius 3 is 2.10 bits per heavy atom. The van der Waals surface area contributed by atoms with Crippen molar-refractivity contribution < 1.29 is 28.4 Å². The SMILES string of the molecule is CC(NC(=O)c1nc(C(C)(C)C)no1)c1ccc(-c2ncnc3c2cc(-c2ccc(N4CCN(C(=O)O)CC4)cn2)n3COCC[Si](C)(C)C)cc1CO[Si](c1ccccc1)(c1ccccc1)C(C)(C)C. The number of nitrogens with one attached hydrogen (secondary N) is 1. The summed E-state index contributed by atoms with van der Waals surface area (Å²) in [6.07, 6.45) is 2.55. The molecule has 7 aromatic rings. The van der Waals surface area contributed by atoms with Crippen LogP contribution in [0.1, 0.15) is 82.1 Å². The zero-order valence-corrected chi connectivity index (χ0v) is 44.7. The Morgan fingerprint density at radius 1 is 0.845 bits per heavy atom. The highest BCUT2D eigenvalue weighted by molar-refractivity contribution is 6.99. The third kappa shape index (κ3) is 11.2. The zero-order valence-electron chi connectivity index (χ0n) is 42.7. The van der Waals surface area contributed by atoms with Crippen molar-refractivity contribution in [1.29, 1.82) is 0 Å². The van der Waals surface area contributed by atoms with E-state index in [1.807, 2.05) is 70.3 Å². The Balaban J connectivity index is 1.21. The number of ether oxygens (including phenoxy) is 1. The van der Waals surface area contributed by atoms with Crippen LogP contribution in [0.4, 0.5) is 10.5 Å². The number of carboxylic acid groups (broad SMARTS) is 1. The minimum atomic E-state index is -3.02. The highest BCUT2D eigenvalue weighted by atomic mass is 28.4. The van der Waals surface area contributed by atoms with E-state index in [9.17, 15) is 14.7 Å². The normalized spacial score (nSPS) is 14.2. The third-order valence-electron chi connectivity index (χ3n) is 13.2. The van der Waals surface area contributed by atoms with Gasteiger partial charge in [-0.1, -0.05) is 139 Å². The standard InChI is InChI=1S/C54H67N9O6Si2/c1-37(58-49(64)50-59-51(60-69-50)53(2,3)4)43-23-21-38(31-39(43)34-68-71(54(5,6)7,41-17-13-11-14-18-41)42-19-15-12-16-20-42)47-44-32-46(63(48(44)57-35-56-47)36-67-29-30-70(8,9)10)45-24-22-40(33-55-45)61-25-27-62(28-26-61)52(65)66/h11-24,31-33,35,37H,25-30,34,36H2,1-10H3,(H,58,64)(H,65,66). The third-order valence-corrected chi connectivity index (χ3v) is 19.9. The number of fused-ring (bicyclic) bond motifs is 1. The van der Waals surface area contributed by atoms with Gasteiger partial charge in [-0.05, 0) is 63.8 Å². The Labute approximate surface area is 418 Å². The molecule has 0 aliphatic carbocycles. The average molecular weight is 994 g/mol. The van der Waals surface area contributed by atoms with Crippen molar-refractivity contribution in [3.8, 4) is 22.6 Å². The van der Waals surface area contributed by atoms with Crippen molar-refractivity contribution in [2.45, 2.75) is 104 Å². The first-order chi connectivity index (χ1) is 33.7. The lowest BCUT2D eigenvalue weighted by atomic mass is 9.96. The van der Waals surface area contributed by atoms with Gasteiger partial charge in [0.05, 0.1) is 41.6 Å². The number of nitrogens with zero attached hydrogens (tertiary/aromatic N) is 8. The second-order valence-electron chi connectivity index (χ2n) is 21.7. The van der Waals surface area contributed by atoms with E-state index in [-0.39, 0.29) is 24.3 Å². The first-order valence-corrected chi connectivity index (χ1v) is 30.0. The highest BCUT2D eigenvalue weighted by Crippen LogP contribution is 2.39. The van der Waals surface area contributed by atoms with E-state index in [2.05, 4.69) is 126 Å². The first kappa shape index (κ1) is 50.8. The van der Waals surface area contributed by atoms with Gasteiger partial charge < -0.3 is 33.9 Å². The Morgan fingerprint density at radius 2 is 1.52 bits per heavy atom. The van der Waals surface area contributed by atoms with Crippen LogP contribution < -0.4 is 20.6 Å². The molecule has 1 atom stereocenters. The van der Waals surface area contributed by atoms with E-state index in [0.29, 0.717) is 44.3 Å². The number of hydrogen-bond acceptors (Lipinski definition) is 11. The second-order valence-corrected chi connectivity index (χ2v) is 31.6. The molecule has 1 saturated heterocycles. The maximum absolute atomic E-state index is 13.8. The van der Waals surface area contributed by atoms with Crippen molar-refractivity contribution in [2.24, 2.45) is 0 Å². The van der Waals surface area contributed by atoms with Crippen molar-refractivity contribution in [1.82, 2.24) is 39.9 Å². The van der Waals surface area contributed by atoms with Crippen molar-refractivity contribution in [3.63, 3.8) is 0 Å². The number of rotatable bonds is 16. The molecule has 71 heavy (non-hydrogen) atoms. The molecule has 1 fully saturated rings. The van der Waals surface area contributed by atoms with Gasteiger partial charge in [-0.15, -0.1) is 0 Å². The van der Waals surface area contributed by atoms with Gasteiger partial charge >= 0.3 is 17.9 Å². The molecule has 1 aliphatic heterocycles. The monoisotopic (exact) mass is 993 g/mol. The molecule has 1 unspecified atom stereocenters. The summed E-state index contributed by atoms with van der Waals surface area (Å²) in [6, 6.07) is 34.0. The summed E-state index contributed by atoms with van der Waals surface area (Å²) in [4.78, 5) is 48.2. The molecule has 0 radical (unpaired) electrons. The van der Waals surface area contributed by atoms with Crippen molar-refractivity contribution in [3.05, 3.63) is 132 Å². The van der Waals surface area contributed by atoms with Gasteiger partial charge in [0.25, 0.3) is 8.32 Å². The molecule has 0 spiro atoms. The molecule has 372 valence electrons. The molecule has 5 heterocycles. The second kappa shape index (κ2) is 20.7. The number of aromatic nitrogens is 6. The molecule has 0 bridgehead atoms. The van der Waals surface area contributed by atoms with Crippen LogP contribution in [0.2, 0.25) is 30.7 Å². The fourth-order valence-electron chi connectivity index (χ4n) is 9.26. The van der Waals surface area contributed by atoms with Gasteiger partial charge in [-0.25, -0.2) is 14.8 Å². The summed E-state index contributed by atoms with van der Waals surface area (Å²) in [6.45, 7) is 24.8. The number of piperazine rings is 1. The van der Waals surface area contributed by atoms with Crippen LogP contribution in [0, 0.1) is 0 Å². The fourth-order valence-corrected chi connectivity index (χ4v) is 14.5. The Hall–Kier alpha value is -6.54. The maximum atomic E-state index is 13.8. The van der Waals surface area contributed by atoms with Crippen LogP contribution in [0.3, 0.4) is 0 Å². The molecule has 17 heteroatoms. The largest absolute Gasteiger partial charge is 0.465 e. The first-order valence-electron chi connectivity index (χ1n) is 24.4. The van der Waals surface area contributed by atoms with Gasteiger partial charge in [0, 0.05) is 57.2 Å². The predicted octanol–water partition coefficient (Wildman–Crippen LogP) is 9.52. The molecule has 8 rings (SSSR count). The van der Waals surface area contributed by atoms with Crippen LogP contribution in [0.15, 0.2) is 114 Å². The number of benzene rings is 3. The maximum Gasteiger partial charge on any atom is 0.407 e. The summed E-state index contributed by atoms with van der Waals surface area (Å²) >= 11 is 0. The minimum Gasteiger partial charge on any atom is -0.465 e. The number of pyridine rings is 1. The summed E-state index contributed by atoms with van der Waals surface area (Å²) in [5, 5.41) is 19.6. The van der Waals surface area contributed by atoms with Crippen LogP contribution in [-0.4, -0.2) is 101 Å². The van der Waals surface area contributed by atoms with Gasteiger partial charge in [0.1, 0.15) is 18.7 Å². The molecular weight excluding hydrogens is 927 g/mol. The van der Waals surface area contributed by atoms with Crippen LogP contribution in [-0.2, 0) is 27.9 Å². The quantitative estimate of drug-likeness (QED) is 0.0695. The number of carbonyl (C=O) groups excluding carboxylic acids is 1. The van der Waals surface area contributed by atoms with Gasteiger partial charge in [-0.2, -0.15) is 4.98 Å². The minimum absolute atomic E-state index is 0.0978. The van der Waals surface area contributed by atoms with E-state index >= 15 is 0 Å². The van der Waals surface area contributed by atoms with Crippen molar-refractivity contribution in [2.75, 3.05) is 37.7 Å². The zero-order chi connectivity index (χ0) is 50.7. The predicted molar refractivity (Wildman–Crippen MR) is 283 cm³/mol. The molecule has 0 saturated carbocycles. The fraction of sp³-hybridized carbons (Fsp3) is 0.389. The Bertz CT molecular complexity index is 2920. The number of hydrogen-bond donors (Lipinski definition) is 2. The van der Waals surface area contributed by atoms with E-state index in [1.165, 1.54) is 4.90 Å². The molecule has 2 N–H and O–H groups in total. The number of amides is 2. The number of anilines is 1. The lowest BCUT2D eigenvalue weighted by Crippen LogP contribution is -2.66. The summed E-state index contributed by atoms with van der Waals surface area (Å²) in [5.41, 5.74) is 6.13. The molecule has 4 aromatic heterocycles. The van der Waals surface area contributed by atoms with E-state index in [1.54, 1.807) is 6.33 Å². The molecule has 3 aromatic carbocycles. The lowest BCUT2D eigenvalue weighted by molar-refractivity contribution is 0.0894. The highest BCUT2D eigenvalue weighted by Gasteiger charge is 2.50. The van der Waals surface area contributed by atoms with E-state index in [4.69, 9.17) is 28.6 Å². The number of carbonyl (C=O) groups is 2. The van der Waals surface area contributed by atoms with Gasteiger partial charge in [-0.3, -0.25) is 14.3 Å². The molecular formula is C54H67N9O6Si2.